The molecule has 132 valence electrons. The van der Waals surface area contributed by atoms with E-state index in [1.165, 1.54) is 11.3 Å². The van der Waals surface area contributed by atoms with Crippen molar-refractivity contribution in [1.29, 1.82) is 0 Å². The number of anilines is 2. The van der Waals surface area contributed by atoms with Gasteiger partial charge in [0.1, 0.15) is 5.75 Å². The first-order valence-electron chi connectivity index (χ1n) is 8.01. The first kappa shape index (κ1) is 17.6. The highest BCUT2D eigenvalue weighted by Gasteiger charge is 2.13. The highest BCUT2D eigenvalue weighted by Crippen LogP contribution is 2.20. The van der Waals surface area contributed by atoms with Crippen LogP contribution in [0.5, 0.6) is 5.75 Å². The van der Waals surface area contributed by atoms with Gasteiger partial charge in [-0.2, -0.15) is 0 Å². The third kappa shape index (κ3) is 4.25. The molecule has 7 heteroatoms. The molecule has 0 spiro atoms. The fourth-order valence-electron chi connectivity index (χ4n) is 2.29. The van der Waals surface area contributed by atoms with Crippen molar-refractivity contribution < 1.29 is 14.3 Å². The van der Waals surface area contributed by atoms with E-state index in [2.05, 4.69) is 15.6 Å². The molecule has 0 saturated carbocycles. The van der Waals surface area contributed by atoms with E-state index in [4.69, 9.17) is 4.74 Å². The first-order chi connectivity index (χ1) is 12.7. The Morgan fingerprint density at radius 2 is 1.81 bits per heavy atom. The Morgan fingerprint density at radius 3 is 2.50 bits per heavy atom. The number of aromatic nitrogens is 1. The van der Waals surface area contributed by atoms with Crippen LogP contribution in [-0.4, -0.2) is 23.4 Å². The number of rotatable bonds is 6. The lowest BCUT2D eigenvalue weighted by molar-refractivity contribution is 0.101. The summed E-state index contributed by atoms with van der Waals surface area (Å²) in [7, 11) is 0. The number of para-hydroxylation sites is 1. The Balaban J connectivity index is 1.67. The van der Waals surface area contributed by atoms with Crippen molar-refractivity contribution in [3.8, 4) is 5.75 Å². The van der Waals surface area contributed by atoms with Crippen molar-refractivity contribution in [2.45, 2.75) is 6.92 Å². The van der Waals surface area contributed by atoms with Crippen LogP contribution < -0.4 is 15.4 Å². The molecule has 1 aromatic heterocycles. The zero-order valence-corrected chi connectivity index (χ0v) is 14.9. The van der Waals surface area contributed by atoms with Crippen LogP contribution >= 0.6 is 11.3 Å². The molecule has 2 aromatic carbocycles. The van der Waals surface area contributed by atoms with Crippen molar-refractivity contribution in [3.63, 3.8) is 0 Å². The number of hydrogen-bond donors (Lipinski definition) is 2. The van der Waals surface area contributed by atoms with Gasteiger partial charge in [-0.15, -0.1) is 11.3 Å². The number of amides is 2. The maximum absolute atomic E-state index is 12.5. The number of nitrogens with one attached hydrogen (secondary N) is 2. The lowest BCUT2D eigenvalue weighted by Crippen LogP contribution is -2.14. The van der Waals surface area contributed by atoms with E-state index in [1.54, 1.807) is 54.0 Å². The smallest absolute Gasteiger partial charge is 0.259 e. The van der Waals surface area contributed by atoms with Gasteiger partial charge in [0.05, 0.1) is 12.2 Å². The molecule has 0 unspecified atom stereocenters. The van der Waals surface area contributed by atoms with Crippen LogP contribution in [0.3, 0.4) is 0 Å². The number of carbonyl (C=O) groups excluding carboxylic acids is 2. The molecule has 3 aromatic rings. The van der Waals surface area contributed by atoms with Crippen molar-refractivity contribution in [2.75, 3.05) is 17.2 Å². The average molecular weight is 367 g/mol. The number of ether oxygens (including phenoxy) is 1. The van der Waals surface area contributed by atoms with E-state index >= 15 is 0 Å². The lowest BCUT2D eigenvalue weighted by Gasteiger charge is -2.10. The maximum atomic E-state index is 12.5. The van der Waals surface area contributed by atoms with Gasteiger partial charge >= 0.3 is 0 Å². The average Bonchev–Trinajstić information content (AvgIpc) is 3.16. The number of hydrogen-bond acceptors (Lipinski definition) is 5. The number of thiazole rings is 1. The molecule has 0 bridgehead atoms. The third-order valence-electron chi connectivity index (χ3n) is 3.49. The Bertz CT molecular complexity index is 893. The van der Waals surface area contributed by atoms with Gasteiger partial charge in [0.2, 0.25) is 0 Å². The monoisotopic (exact) mass is 367 g/mol. The van der Waals surface area contributed by atoms with Gasteiger partial charge in [-0.1, -0.05) is 12.1 Å². The van der Waals surface area contributed by atoms with Gasteiger partial charge in [-0.05, 0) is 43.3 Å². The lowest BCUT2D eigenvalue weighted by atomic mass is 10.1. The van der Waals surface area contributed by atoms with E-state index in [-0.39, 0.29) is 11.8 Å². The molecule has 0 saturated heterocycles. The van der Waals surface area contributed by atoms with Gasteiger partial charge in [-0.25, -0.2) is 4.98 Å². The van der Waals surface area contributed by atoms with Gasteiger partial charge in [-0.3, -0.25) is 14.9 Å². The summed E-state index contributed by atoms with van der Waals surface area (Å²) in [6.45, 7) is 2.34. The minimum Gasteiger partial charge on any atom is -0.493 e. The van der Waals surface area contributed by atoms with Crippen LogP contribution in [0.2, 0.25) is 0 Å². The Kier molecular flexibility index (Phi) is 5.60. The third-order valence-corrected chi connectivity index (χ3v) is 4.18. The minimum atomic E-state index is -0.269. The van der Waals surface area contributed by atoms with E-state index in [0.29, 0.717) is 34.3 Å². The summed E-state index contributed by atoms with van der Waals surface area (Å²) in [6.07, 6.45) is 1.62. The molecule has 6 nitrogen and oxygen atoms in total. The van der Waals surface area contributed by atoms with Crippen LogP contribution in [0.1, 0.15) is 27.6 Å². The molecule has 0 radical (unpaired) electrons. The van der Waals surface area contributed by atoms with Crippen LogP contribution in [0, 0.1) is 0 Å². The second-order valence-electron chi connectivity index (χ2n) is 5.25. The van der Waals surface area contributed by atoms with Crippen molar-refractivity contribution in [3.05, 3.63) is 71.2 Å². The summed E-state index contributed by atoms with van der Waals surface area (Å²) in [6, 6.07) is 13.7. The molecule has 0 aliphatic heterocycles. The summed E-state index contributed by atoms with van der Waals surface area (Å²) in [5.74, 6) is 0.0144. The standard InChI is InChI=1S/C19H17N3O3S/c1-2-25-16-6-4-3-5-15(16)18(24)21-14-9-7-13(8-10-14)17(23)22-19-20-11-12-26-19/h3-12H,2H2,1H3,(H,21,24)(H,20,22,23). The number of carbonyl (C=O) groups is 2. The zero-order chi connectivity index (χ0) is 18.4. The summed E-state index contributed by atoms with van der Waals surface area (Å²) >= 11 is 1.35. The molecule has 2 N–H and O–H groups in total. The highest BCUT2D eigenvalue weighted by molar-refractivity contribution is 7.13. The Morgan fingerprint density at radius 1 is 1.04 bits per heavy atom. The second-order valence-corrected chi connectivity index (χ2v) is 6.15. The van der Waals surface area contributed by atoms with E-state index in [9.17, 15) is 9.59 Å². The fraction of sp³-hybridized carbons (Fsp3) is 0.105. The van der Waals surface area contributed by atoms with Gasteiger partial charge < -0.3 is 10.1 Å². The molecule has 0 aliphatic carbocycles. The molecule has 3 rings (SSSR count). The van der Waals surface area contributed by atoms with Gasteiger partial charge in [0, 0.05) is 22.8 Å². The molecular formula is C19H17N3O3S. The topological polar surface area (TPSA) is 80.3 Å². The van der Waals surface area contributed by atoms with Crippen molar-refractivity contribution in [2.24, 2.45) is 0 Å². The normalized spacial score (nSPS) is 10.2. The Labute approximate surface area is 154 Å². The van der Waals surface area contributed by atoms with E-state index < -0.39 is 0 Å². The zero-order valence-electron chi connectivity index (χ0n) is 14.1. The van der Waals surface area contributed by atoms with Crippen molar-refractivity contribution >= 4 is 34.0 Å². The quantitative estimate of drug-likeness (QED) is 0.689. The summed E-state index contributed by atoms with van der Waals surface area (Å²) in [4.78, 5) is 28.6. The number of nitrogens with zero attached hydrogens (tertiary/aromatic N) is 1. The molecule has 2 amide bonds. The van der Waals surface area contributed by atoms with Crippen LogP contribution in [-0.2, 0) is 0 Å². The maximum Gasteiger partial charge on any atom is 0.259 e. The predicted molar refractivity (Wildman–Crippen MR) is 102 cm³/mol. The van der Waals surface area contributed by atoms with E-state index in [1.807, 2.05) is 13.0 Å². The molecular weight excluding hydrogens is 350 g/mol. The second kappa shape index (κ2) is 8.26. The minimum absolute atomic E-state index is 0.250. The van der Waals surface area contributed by atoms with Crippen LogP contribution in [0.25, 0.3) is 0 Å². The number of benzene rings is 2. The summed E-state index contributed by atoms with van der Waals surface area (Å²) < 4.78 is 5.48. The van der Waals surface area contributed by atoms with Crippen LogP contribution in [0.15, 0.2) is 60.1 Å². The molecule has 26 heavy (non-hydrogen) atoms. The highest BCUT2D eigenvalue weighted by atomic mass is 32.1. The SMILES string of the molecule is CCOc1ccccc1C(=O)Nc1ccc(C(=O)Nc2nccs2)cc1. The largest absolute Gasteiger partial charge is 0.493 e. The first-order valence-corrected chi connectivity index (χ1v) is 8.89. The summed E-state index contributed by atoms with van der Waals surface area (Å²) in [5.41, 5.74) is 1.53. The molecule has 0 fully saturated rings. The van der Waals surface area contributed by atoms with E-state index in [0.717, 1.165) is 0 Å². The molecule has 0 atom stereocenters. The summed E-state index contributed by atoms with van der Waals surface area (Å²) in [5, 5.41) is 7.85. The van der Waals surface area contributed by atoms with Crippen molar-refractivity contribution in [1.82, 2.24) is 4.98 Å². The fourth-order valence-corrected chi connectivity index (χ4v) is 2.82. The van der Waals surface area contributed by atoms with Gasteiger partial charge in [0.25, 0.3) is 11.8 Å². The predicted octanol–water partition coefficient (Wildman–Crippen LogP) is 4.05. The van der Waals surface area contributed by atoms with Crippen LogP contribution in [0.4, 0.5) is 10.8 Å². The van der Waals surface area contributed by atoms with Gasteiger partial charge in [0.15, 0.2) is 5.13 Å². The molecule has 1 heterocycles. The Hall–Kier alpha value is -3.19. The molecule has 0 aliphatic rings.